The van der Waals surface area contributed by atoms with Crippen molar-refractivity contribution >= 4 is 34.1 Å². The molecule has 1 aliphatic carbocycles. The number of nitrogens with one attached hydrogen (secondary N) is 1. The van der Waals surface area contributed by atoms with E-state index in [0.717, 1.165) is 20.7 Å². The topological polar surface area (TPSA) is 75.9 Å². The van der Waals surface area contributed by atoms with Crippen LogP contribution in [0.15, 0.2) is 47.1 Å². The third kappa shape index (κ3) is 4.86. The van der Waals surface area contributed by atoms with Crippen LogP contribution in [0.5, 0.6) is 0 Å². The van der Waals surface area contributed by atoms with Crippen molar-refractivity contribution in [3.63, 3.8) is 0 Å². The molecule has 0 atom stereocenters. The molecule has 27 heavy (non-hydrogen) atoms. The standard InChI is InChI=1S/C18H20N6OS2/c1-23(10-13-9-19-24(11-13)15-5-3-2-4-6-15)16(25)12-26-18-22-21-17(27-18)20-14-7-8-14/h2-6,9,11,14H,7-8,10,12H2,1H3,(H,20,21). The summed E-state index contributed by atoms with van der Waals surface area (Å²) in [5.74, 6) is 0.404. The molecule has 1 aromatic carbocycles. The van der Waals surface area contributed by atoms with Crippen LogP contribution in [-0.4, -0.2) is 49.6 Å². The molecular weight excluding hydrogens is 380 g/mol. The molecule has 9 heteroatoms. The van der Waals surface area contributed by atoms with Crippen molar-refractivity contribution in [1.82, 2.24) is 24.9 Å². The molecule has 1 amide bonds. The predicted molar refractivity (Wildman–Crippen MR) is 107 cm³/mol. The zero-order valence-corrected chi connectivity index (χ0v) is 16.5. The Morgan fingerprint density at radius 1 is 1.33 bits per heavy atom. The van der Waals surface area contributed by atoms with Gasteiger partial charge in [-0.05, 0) is 25.0 Å². The summed E-state index contributed by atoms with van der Waals surface area (Å²) in [5, 5.41) is 16.8. The van der Waals surface area contributed by atoms with E-state index in [9.17, 15) is 4.79 Å². The summed E-state index contributed by atoms with van der Waals surface area (Å²) < 4.78 is 2.63. The first-order chi connectivity index (χ1) is 13.2. The molecule has 0 bridgehead atoms. The molecule has 0 aliphatic heterocycles. The number of rotatable bonds is 8. The zero-order valence-electron chi connectivity index (χ0n) is 14.9. The second kappa shape index (κ2) is 8.10. The number of hydrogen-bond donors (Lipinski definition) is 1. The van der Waals surface area contributed by atoms with Gasteiger partial charge in [-0.3, -0.25) is 4.79 Å². The minimum absolute atomic E-state index is 0.0550. The fraction of sp³-hybridized carbons (Fsp3) is 0.333. The van der Waals surface area contributed by atoms with Crippen molar-refractivity contribution < 1.29 is 4.79 Å². The minimum atomic E-state index is 0.0550. The molecule has 2 aromatic heterocycles. The van der Waals surface area contributed by atoms with Gasteiger partial charge in [0.25, 0.3) is 0 Å². The van der Waals surface area contributed by atoms with Crippen molar-refractivity contribution in [3.8, 4) is 5.69 Å². The van der Waals surface area contributed by atoms with Crippen LogP contribution in [0.1, 0.15) is 18.4 Å². The summed E-state index contributed by atoms with van der Waals surface area (Å²) in [6, 6.07) is 10.5. The number of nitrogens with zero attached hydrogens (tertiary/aromatic N) is 5. The second-order valence-corrected chi connectivity index (χ2v) is 8.66. The molecule has 1 N–H and O–H groups in total. The van der Waals surface area contributed by atoms with Gasteiger partial charge < -0.3 is 10.2 Å². The number of aromatic nitrogens is 4. The Balaban J connectivity index is 1.27. The number of hydrogen-bond acceptors (Lipinski definition) is 7. The molecule has 2 heterocycles. The van der Waals surface area contributed by atoms with Gasteiger partial charge in [-0.25, -0.2) is 4.68 Å². The average Bonchev–Trinajstić information content (AvgIpc) is 3.18. The highest BCUT2D eigenvalue weighted by atomic mass is 32.2. The number of thioether (sulfide) groups is 1. The van der Waals surface area contributed by atoms with Gasteiger partial charge in [0.05, 0.1) is 17.6 Å². The number of carbonyl (C=O) groups excluding carboxylic acids is 1. The van der Waals surface area contributed by atoms with E-state index in [-0.39, 0.29) is 5.91 Å². The van der Waals surface area contributed by atoms with Crippen molar-refractivity contribution in [2.45, 2.75) is 29.8 Å². The van der Waals surface area contributed by atoms with E-state index >= 15 is 0 Å². The molecule has 0 radical (unpaired) electrons. The smallest absolute Gasteiger partial charge is 0.233 e. The van der Waals surface area contributed by atoms with Gasteiger partial charge in [0.15, 0.2) is 4.34 Å². The molecule has 0 unspecified atom stereocenters. The van der Waals surface area contributed by atoms with Gasteiger partial charge in [0.2, 0.25) is 11.0 Å². The molecule has 1 aliphatic rings. The summed E-state index contributed by atoms with van der Waals surface area (Å²) in [7, 11) is 1.81. The normalized spacial score (nSPS) is 13.5. The van der Waals surface area contributed by atoms with Crippen LogP contribution in [0.2, 0.25) is 0 Å². The van der Waals surface area contributed by atoms with Crippen molar-refractivity contribution in [1.29, 1.82) is 0 Å². The number of para-hydroxylation sites is 1. The van der Waals surface area contributed by atoms with Crippen molar-refractivity contribution in [2.24, 2.45) is 0 Å². The maximum atomic E-state index is 12.4. The van der Waals surface area contributed by atoms with Crippen LogP contribution < -0.4 is 5.32 Å². The fourth-order valence-corrected chi connectivity index (χ4v) is 4.26. The molecule has 3 aromatic rings. The molecule has 1 saturated carbocycles. The minimum Gasteiger partial charge on any atom is -0.357 e. The van der Waals surface area contributed by atoms with Gasteiger partial charge in [0, 0.05) is 31.4 Å². The van der Waals surface area contributed by atoms with E-state index in [2.05, 4.69) is 20.6 Å². The largest absolute Gasteiger partial charge is 0.357 e. The van der Waals surface area contributed by atoms with Gasteiger partial charge >= 0.3 is 0 Å². The molecule has 0 saturated heterocycles. The Kier molecular flexibility index (Phi) is 5.40. The first-order valence-electron chi connectivity index (χ1n) is 8.73. The summed E-state index contributed by atoms with van der Waals surface area (Å²) in [6.45, 7) is 0.525. The molecule has 0 spiro atoms. The van der Waals surface area contributed by atoms with E-state index in [1.165, 1.54) is 35.9 Å². The lowest BCUT2D eigenvalue weighted by Crippen LogP contribution is -2.27. The van der Waals surface area contributed by atoms with E-state index in [0.29, 0.717) is 18.3 Å². The Labute approximate surface area is 165 Å². The molecule has 140 valence electrons. The maximum absolute atomic E-state index is 12.4. The van der Waals surface area contributed by atoms with Crippen LogP contribution >= 0.6 is 23.1 Å². The molecule has 4 rings (SSSR count). The average molecular weight is 401 g/mol. The van der Waals surface area contributed by atoms with Crippen LogP contribution in [-0.2, 0) is 11.3 Å². The predicted octanol–water partition coefficient (Wildman–Crippen LogP) is 3.05. The van der Waals surface area contributed by atoms with Crippen molar-refractivity contribution in [2.75, 3.05) is 18.1 Å². The van der Waals surface area contributed by atoms with Crippen LogP contribution in [0, 0.1) is 0 Å². The summed E-state index contributed by atoms with van der Waals surface area (Å²) in [6.07, 6.45) is 6.15. The van der Waals surface area contributed by atoms with Gasteiger partial charge in [-0.15, -0.1) is 10.2 Å². The molecular formula is C18H20N6OS2. The van der Waals surface area contributed by atoms with Gasteiger partial charge in [-0.1, -0.05) is 41.3 Å². The summed E-state index contributed by atoms with van der Waals surface area (Å²) in [5.41, 5.74) is 1.99. The fourth-order valence-electron chi connectivity index (χ4n) is 2.49. The number of carbonyl (C=O) groups is 1. The number of benzene rings is 1. The van der Waals surface area contributed by atoms with Gasteiger partial charge in [-0.2, -0.15) is 5.10 Å². The highest BCUT2D eigenvalue weighted by Gasteiger charge is 2.22. The lowest BCUT2D eigenvalue weighted by Gasteiger charge is -2.15. The Morgan fingerprint density at radius 3 is 2.93 bits per heavy atom. The first kappa shape index (κ1) is 18.0. The SMILES string of the molecule is CN(Cc1cnn(-c2ccccc2)c1)C(=O)CSc1nnc(NC2CC2)s1. The van der Waals surface area contributed by atoms with E-state index in [1.54, 1.807) is 11.1 Å². The molecule has 7 nitrogen and oxygen atoms in total. The second-order valence-electron chi connectivity index (χ2n) is 6.46. The lowest BCUT2D eigenvalue weighted by molar-refractivity contribution is -0.127. The highest BCUT2D eigenvalue weighted by molar-refractivity contribution is 8.01. The third-order valence-electron chi connectivity index (χ3n) is 4.13. The Hall–Kier alpha value is -2.39. The van der Waals surface area contributed by atoms with Crippen molar-refractivity contribution in [3.05, 3.63) is 48.3 Å². The first-order valence-corrected chi connectivity index (χ1v) is 10.5. The summed E-state index contributed by atoms with van der Waals surface area (Å²) >= 11 is 2.94. The third-order valence-corrected chi connectivity index (χ3v) is 6.11. The monoisotopic (exact) mass is 400 g/mol. The summed E-state index contributed by atoms with van der Waals surface area (Å²) in [4.78, 5) is 14.1. The Bertz CT molecular complexity index is 905. The lowest BCUT2D eigenvalue weighted by atomic mass is 10.3. The maximum Gasteiger partial charge on any atom is 0.233 e. The number of anilines is 1. The number of amides is 1. The molecule has 1 fully saturated rings. The Morgan fingerprint density at radius 2 is 2.15 bits per heavy atom. The van der Waals surface area contributed by atoms with Gasteiger partial charge in [0.1, 0.15) is 0 Å². The van der Waals surface area contributed by atoms with Crippen LogP contribution in [0.3, 0.4) is 0 Å². The van der Waals surface area contributed by atoms with E-state index < -0.39 is 0 Å². The van der Waals surface area contributed by atoms with Crippen LogP contribution in [0.4, 0.5) is 5.13 Å². The van der Waals surface area contributed by atoms with E-state index in [1.807, 2.05) is 48.3 Å². The van der Waals surface area contributed by atoms with Crippen LogP contribution in [0.25, 0.3) is 5.69 Å². The highest BCUT2D eigenvalue weighted by Crippen LogP contribution is 2.30. The quantitative estimate of drug-likeness (QED) is 0.586. The van der Waals surface area contributed by atoms with E-state index in [4.69, 9.17) is 0 Å². The zero-order chi connectivity index (χ0) is 18.6.